The number of ether oxygens (including phenoxy) is 4. The molecule has 8 aliphatic heterocycles. The Labute approximate surface area is 339 Å². The first-order valence-electron chi connectivity index (χ1n) is 20.2. The first kappa shape index (κ1) is 39.3. The third-order valence-electron chi connectivity index (χ3n) is 12.2. The summed E-state index contributed by atoms with van der Waals surface area (Å²) in [7, 11) is -7.20. The number of amides is 2. The van der Waals surface area contributed by atoms with Gasteiger partial charge in [0.05, 0.1) is 46.2 Å². The molecule has 0 bridgehead atoms. The number of hydrogen-bond acceptors (Lipinski definition) is 12. The molecule has 2 N–H and O–H groups in total. The molecular weight excluding hydrogens is 789 g/mol. The molecule has 10 rings (SSSR count). The molecule has 16 nitrogen and oxygen atoms in total. The van der Waals surface area contributed by atoms with E-state index in [4.69, 9.17) is 18.9 Å². The summed E-state index contributed by atoms with van der Waals surface area (Å²) in [5, 5.41) is 6.36. The predicted octanol–water partition coefficient (Wildman–Crippen LogP) is 2.12. The lowest BCUT2D eigenvalue weighted by molar-refractivity contribution is -0.139. The van der Waals surface area contributed by atoms with E-state index in [1.807, 2.05) is 9.80 Å². The van der Waals surface area contributed by atoms with E-state index in [0.717, 1.165) is 61.2 Å². The van der Waals surface area contributed by atoms with Crippen molar-refractivity contribution in [3.05, 3.63) is 58.7 Å². The van der Waals surface area contributed by atoms with E-state index in [-0.39, 0.29) is 33.4 Å². The van der Waals surface area contributed by atoms with Crippen LogP contribution < -0.4 is 20.1 Å². The molecule has 0 aliphatic carbocycles. The van der Waals surface area contributed by atoms with Crippen LogP contribution in [0.15, 0.2) is 68.5 Å². The van der Waals surface area contributed by atoms with E-state index < -0.39 is 20.0 Å². The molecule has 2 amide bonds. The second-order valence-corrected chi connectivity index (χ2v) is 19.9. The summed E-state index contributed by atoms with van der Waals surface area (Å²) in [6.45, 7) is 8.42. The fraction of sp³-hybridized carbons (Fsp3) is 0.550. The minimum absolute atomic E-state index is 0.0613. The first-order chi connectivity index (χ1) is 28.0. The van der Waals surface area contributed by atoms with Crippen molar-refractivity contribution in [3.8, 4) is 11.5 Å². The molecule has 0 radical (unpaired) electrons. The number of nitrogens with one attached hydrogen (secondary N) is 2. The Bertz CT molecular complexity index is 2060. The van der Waals surface area contributed by atoms with Gasteiger partial charge in [0, 0.05) is 78.7 Å². The minimum atomic E-state index is -3.60. The Kier molecular flexibility index (Phi) is 10.9. The van der Waals surface area contributed by atoms with Crippen molar-refractivity contribution >= 4 is 43.2 Å². The lowest BCUT2D eigenvalue weighted by Crippen LogP contribution is -2.41. The molecule has 8 aliphatic rings. The lowest BCUT2D eigenvalue weighted by Gasteiger charge is -2.28. The third-order valence-corrected chi connectivity index (χ3v) is 15.7. The van der Waals surface area contributed by atoms with Crippen molar-refractivity contribution in [1.82, 2.24) is 18.4 Å². The first-order valence-corrected chi connectivity index (χ1v) is 23.1. The van der Waals surface area contributed by atoms with Gasteiger partial charge in [-0.05, 0) is 84.4 Å². The molecule has 2 aromatic carbocycles. The summed E-state index contributed by atoms with van der Waals surface area (Å²) >= 11 is 0. The molecule has 2 fully saturated rings. The van der Waals surface area contributed by atoms with Crippen LogP contribution in [0.5, 0.6) is 11.5 Å². The zero-order valence-electron chi connectivity index (χ0n) is 32.4. The number of carbonyl (C=O) groups excluding carboxylic acids is 2. The molecule has 0 saturated carbocycles. The highest BCUT2D eigenvalue weighted by atomic mass is 32.2. The molecule has 2 aromatic rings. The Morgan fingerprint density at radius 2 is 0.948 bits per heavy atom. The topological polar surface area (TPSA) is 176 Å². The third kappa shape index (κ3) is 7.70. The van der Waals surface area contributed by atoms with Crippen molar-refractivity contribution in [2.24, 2.45) is 11.8 Å². The van der Waals surface area contributed by atoms with Crippen molar-refractivity contribution in [2.45, 2.75) is 35.5 Å². The summed E-state index contributed by atoms with van der Waals surface area (Å²) < 4.78 is 77.6. The average molecular weight is 839 g/mol. The van der Waals surface area contributed by atoms with E-state index in [2.05, 4.69) is 10.6 Å². The van der Waals surface area contributed by atoms with Gasteiger partial charge in [-0.2, -0.15) is 8.61 Å². The SMILES string of the molecule is O=C([C@@H]1CCCOC1)N1CC2=C(C1)CN(S(=O)(=O)c1ccc3c(c1)NCCO3)C2.O=C([C@H]1CCCOC1)N1CC2=C(C1)CN(S(=O)(=O)c1ccc3c(c1)NCCO3)C2. The fourth-order valence-corrected chi connectivity index (χ4v) is 11.9. The smallest absolute Gasteiger partial charge is 0.243 e. The quantitative estimate of drug-likeness (QED) is 0.406. The number of hydrogen-bond donors (Lipinski definition) is 2. The Balaban J connectivity index is 0.000000150. The predicted molar refractivity (Wildman–Crippen MR) is 213 cm³/mol. The summed E-state index contributed by atoms with van der Waals surface area (Å²) in [6, 6.07) is 9.90. The second kappa shape index (κ2) is 16.1. The Morgan fingerprint density at radius 1 is 0.552 bits per heavy atom. The summed E-state index contributed by atoms with van der Waals surface area (Å²) in [5.74, 6) is 1.50. The van der Waals surface area contributed by atoms with Gasteiger partial charge in [-0.1, -0.05) is 0 Å². The zero-order chi connectivity index (χ0) is 40.0. The van der Waals surface area contributed by atoms with Crippen molar-refractivity contribution < 1.29 is 45.4 Å². The molecule has 0 unspecified atom stereocenters. The van der Waals surface area contributed by atoms with Gasteiger partial charge in [0.15, 0.2) is 0 Å². The number of nitrogens with zero attached hydrogens (tertiary/aromatic N) is 4. The van der Waals surface area contributed by atoms with E-state index in [9.17, 15) is 26.4 Å². The molecule has 18 heteroatoms. The van der Waals surface area contributed by atoms with Crippen molar-refractivity contribution in [2.75, 3.05) is 116 Å². The maximum absolute atomic E-state index is 13.1. The van der Waals surface area contributed by atoms with Gasteiger partial charge in [0.2, 0.25) is 31.9 Å². The fourth-order valence-electron chi connectivity index (χ4n) is 8.99. The van der Waals surface area contributed by atoms with Crippen LogP contribution in [0.2, 0.25) is 0 Å². The normalized spacial score (nSPS) is 24.7. The van der Waals surface area contributed by atoms with E-state index in [1.165, 1.54) is 8.61 Å². The van der Waals surface area contributed by atoms with Gasteiger partial charge in [-0.15, -0.1) is 0 Å². The Hall–Kier alpha value is -4.20. The summed E-state index contributed by atoms with van der Waals surface area (Å²) in [6.07, 6.45) is 3.58. The van der Waals surface area contributed by atoms with Crippen LogP contribution >= 0.6 is 0 Å². The van der Waals surface area contributed by atoms with Crippen LogP contribution in [-0.4, -0.2) is 152 Å². The van der Waals surface area contributed by atoms with Crippen LogP contribution in [-0.2, 0) is 39.1 Å². The van der Waals surface area contributed by atoms with Gasteiger partial charge < -0.3 is 39.4 Å². The molecule has 0 spiro atoms. The average Bonchev–Trinajstić information content (AvgIpc) is 4.05. The standard InChI is InChI=1S/2C20H25N3O5S/c2*24-20(14-2-1-6-27-13-14)22-9-15-11-23(12-16(15)10-22)29(25,26)17-3-4-19-18(8-17)21-5-7-28-19/h2*3-4,8,14,21H,1-2,5-7,9-13H2/t2*14-/m10/s1. The van der Waals surface area contributed by atoms with Crippen LogP contribution in [0.4, 0.5) is 11.4 Å². The molecule has 2 saturated heterocycles. The molecule has 312 valence electrons. The van der Waals surface area contributed by atoms with E-state index in [1.54, 1.807) is 36.4 Å². The summed E-state index contributed by atoms with van der Waals surface area (Å²) in [4.78, 5) is 29.7. The van der Waals surface area contributed by atoms with E-state index in [0.29, 0.717) is 115 Å². The van der Waals surface area contributed by atoms with Gasteiger partial charge >= 0.3 is 0 Å². The highest BCUT2D eigenvalue weighted by Gasteiger charge is 2.41. The number of rotatable bonds is 6. The minimum Gasteiger partial charge on any atom is -0.490 e. The highest BCUT2D eigenvalue weighted by Crippen LogP contribution is 2.37. The van der Waals surface area contributed by atoms with Crippen LogP contribution in [0.3, 0.4) is 0 Å². The van der Waals surface area contributed by atoms with Crippen LogP contribution in [0.1, 0.15) is 25.7 Å². The highest BCUT2D eigenvalue weighted by molar-refractivity contribution is 7.89. The monoisotopic (exact) mass is 838 g/mol. The summed E-state index contributed by atoms with van der Waals surface area (Å²) in [5.41, 5.74) is 5.64. The number of carbonyl (C=O) groups is 2. The molecule has 2 atom stereocenters. The van der Waals surface area contributed by atoms with Crippen LogP contribution in [0.25, 0.3) is 0 Å². The number of fused-ring (bicyclic) bond motifs is 2. The number of sulfonamides is 2. The lowest BCUT2D eigenvalue weighted by atomic mass is 10.0. The van der Waals surface area contributed by atoms with Gasteiger partial charge in [-0.25, -0.2) is 16.8 Å². The van der Waals surface area contributed by atoms with Crippen molar-refractivity contribution in [3.63, 3.8) is 0 Å². The molecule has 58 heavy (non-hydrogen) atoms. The van der Waals surface area contributed by atoms with Crippen molar-refractivity contribution in [1.29, 1.82) is 0 Å². The van der Waals surface area contributed by atoms with Gasteiger partial charge in [0.1, 0.15) is 24.7 Å². The largest absolute Gasteiger partial charge is 0.490 e. The maximum Gasteiger partial charge on any atom is 0.243 e. The number of benzene rings is 2. The molecule has 8 heterocycles. The molecular formula is C40H50N6O10S2. The second-order valence-electron chi connectivity index (χ2n) is 16.0. The van der Waals surface area contributed by atoms with E-state index >= 15 is 0 Å². The van der Waals surface area contributed by atoms with Crippen LogP contribution in [0, 0.1) is 11.8 Å². The Morgan fingerprint density at radius 3 is 1.31 bits per heavy atom. The van der Waals surface area contributed by atoms with Gasteiger partial charge in [-0.3, -0.25) is 9.59 Å². The molecule has 0 aromatic heterocycles. The maximum atomic E-state index is 13.1. The zero-order valence-corrected chi connectivity index (χ0v) is 34.1. The van der Waals surface area contributed by atoms with Gasteiger partial charge in [0.25, 0.3) is 0 Å². The number of anilines is 2.